The summed E-state index contributed by atoms with van der Waals surface area (Å²) in [5, 5.41) is 1.03. The standard InChI is InChI=1S/C24H28F2O/c1-3-10-27-23-13-19-8-9-20(24(26)21(19)14-22(23)25)18-7-6-16-11-15(2)4-5-17(16)12-18/h3,8-9,13-18H,1,4-7,10-12H2,2H3/t15?,16-,17?,18-/m1/s1. The van der Waals surface area contributed by atoms with Crippen molar-refractivity contribution in [1.82, 2.24) is 0 Å². The average molecular weight is 370 g/mol. The molecule has 0 spiro atoms. The Morgan fingerprint density at radius 2 is 1.85 bits per heavy atom. The van der Waals surface area contributed by atoms with Gasteiger partial charge in [-0.3, -0.25) is 0 Å². The van der Waals surface area contributed by atoms with Crippen LogP contribution < -0.4 is 4.74 Å². The molecule has 4 rings (SSSR count). The highest BCUT2D eigenvalue weighted by Gasteiger charge is 2.35. The molecule has 2 saturated carbocycles. The van der Waals surface area contributed by atoms with E-state index in [0.29, 0.717) is 10.8 Å². The SMILES string of the molecule is C=CCOc1cc2ccc([C@@H]3CC[C@@H]4CC(C)CCC4C3)c(F)c2cc1F. The minimum atomic E-state index is -0.523. The first-order chi connectivity index (χ1) is 13.1. The van der Waals surface area contributed by atoms with Gasteiger partial charge in [-0.05, 0) is 78.9 Å². The normalized spacial score (nSPS) is 28.0. The van der Waals surface area contributed by atoms with E-state index in [-0.39, 0.29) is 24.1 Å². The summed E-state index contributed by atoms with van der Waals surface area (Å²) in [7, 11) is 0. The van der Waals surface area contributed by atoms with Gasteiger partial charge < -0.3 is 4.74 Å². The maximum atomic E-state index is 15.3. The van der Waals surface area contributed by atoms with E-state index >= 15 is 4.39 Å². The van der Waals surface area contributed by atoms with Crippen LogP contribution in [0.3, 0.4) is 0 Å². The Labute approximate surface area is 160 Å². The molecule has 4 atom stereocenters. The number of rotatable bonds is 4. The summed E-state index contributed by atoms with van der Waals surface area (Å²) in [6, 6.07) is 6.67. The van der Waals surface area contributed by atoms with Crippen molar-refractivity contribution in [2.24, 2.45) is 17.8 Å². The molecule has 2 aliphatic rings. The Balaban J connectivity index is 1.61. The van der Waals surface area contributed by atoms with Crippen LogP contribution in [0.1, 0.15) is 56.9 Å². The molecule has 0 bridgehead atoms. The van der Waals surface area contributed by atoms with Gasteiger partial charge in [0.1, 0.15) is 12.4 Å². The third-order valence-corrected chi connectivity index (χ3v) is 6.71. The zero-order valence-electron chi connectivity index (χ0n) is 16.0. The maximum Gasteiger partial charge on any atom is 0.165 e. The fourth-order valence-corrected chi connectivity index (χ4v) is 5.29. The molecule has 0 heterocycles. The van der Waals surface area contributed by atoms with Crippen molar-refractivity contribution < 1.29 is 13.5 Å². The fourth-order valence-electron chi connectivity index (χ4n) is 5.29. The molecule has 1 nitrogen and oxygen atoms in total. The molecule has 2 aromatic rings. The van der Waals surface area contributed by atoms with Gasteiger partial charge in [0.2, 0.25) is 0 Å². The zero-order chi connectivity index (χ0) is 19.0. The molecular formula is C24H28F2O. The Kier molecular flexibility index (Phi) is 5.21. The summed E-state index contributed by atoms with van der Waals surface area (Å²) in [6.45, 7) is 6.15. The van der Waals surface area contributed by atoms with Gasteiger partial charge in [-0.1, -0.05) is 38.1 Å². The molecule has 3 heteroatoms. The first-order valence-electron chi connectivity index (χ1n) is 10.2. The molecule has 2 aliphatic carbocycles. The minimum Gasteiger partial charge on any atom is -0.486 e. The number of halogens is 2. The zero-order valence-corrected chi connectivity index (χ0v) is 16.0. The lowest BCUT2D eigenvalue weighted by molar-refractivity contribution is 0.124. The van der Waals surface area contributed by atoms with Gasteiger partial charge in [0.25, 0.3) is 0 Å². The summed E-state index contributed by atoms with van der Waals surface area (Å²) >= 11 is 0. The number of benzene rings is 2. The first kappa shape index (κ1) is 18.5. The smallest absolute Gasteiger partial charge is 0.165 e. The molecule has 2 fully saturated rings. The highest BCUT2D eigenvalue weighted by Crippen LogP contribution is 2.48. The van der Waals surface area contributed by atoms with Crippen LogP contribution in [0.15, 0.2) is 36.9 Å². The van der Waals surface area contributed by atoms with Crippen LogP contribution in [-0.4, -0.2) is 6.61 Å². The largest absolute Gasteiger partial charge is 0.486 e. The minimum absolute atomic E-state index is 0.145. The second-order valence-electron chi connectivity index (χ2n) is 8.52. The Morgan fingerprint density at radius 3 is 2.67 bits per heavy atom. The predicted molar refractivity (Wildman–Crippen MR) is 106 cm³/mol. The van der Waals surface area contributed by atoms with Crippen molar-refractivity contribution in [3.63, 3.8) is 0 Å². The summed E-state index contributed by atoms with van der Waals surface area (Å²) in [6.07, 6.45) is 8.77. The van der Waals surface area contributed by atoms with Crippen LogP contribution in [0.5, 0.6) is 5.75 Å². The summed E-state index contributed by atoms with van der Waals surface area (Å²) < 4.78 is 34.9. The molecule has 2 aromatic carbocycles. The van der Waals surface area contributed by atoms with Crippen molar-refractivity contribution >= 4 is 10.8 Å². The average Bonchev–Trinajstić information content (AvgIpc) is 2.67. The van der Waals surface area contributed by atoms with Crippen LogP contribution in [0.4, 0.5) is 8.78 Å². The van der Waals surface area contributed by atoms with Gasteiger partial charge in [-0.25, -0.2) is 8.78 Å². The topological polar surface area (TPSA) is 9.23 Å². The van der Waals surface area contributed by atoms with Crippen molar-refractivity contribution in [3.05, 3.63) is 54.1 Å². The van der Waals surface area contributed by atoms with Crippen molar-refractivity contribution in [1.29, 1.82) is 0 Å². The molecule has 0 amide bonds. The van der Waals surface area contributed by atoms with E-state index in [1.807, 2.05) is 12.1 Å². The van der Waals surface area contributed by atoms with Crippen LogP contribution >= 0.6 is 0 Å². The Bertz CT molecular complexity index is 844. The van der Waals surface area contributed by atoms with Crippen LogP contribution in [0, 0.1) is 29.4 Å². The van der Waals surface area contributed by atoms with Crippen LogP contribution in [0.2, 0.25) is 0 Å². The molecule has 0 N–H and O–H groups in total. The third kappa shape index (κ3) is 3.61. The van der Waals surface area contributed by atoms with E-state index in [4.69, 9.17) is 4.74 Å². The lowest BCUT2D eigenvalue weighted by Gasteiger charge is -2.41. The molecular weight excluding hydrogens is 342 g/mol. The van der Waals surface area contributed by atoms with E-state index in [1.54, 1.807) is 12.1 Å². The van der Waals surface area contributed by atoms with Gasteiger partial charge in [-0.15, -0.1) is 0 Å². The number of hydrogen-bond acceptors (Lipinski definition) is 1. The van der Waals surface area contributed by atoms with Crippen molar-refractivity contribution in [2.45, 2.75) is 51.4 Å². The van der Waals surface area contributed by atoms with E-state index in [9.17, 15) is 4.39 Å². The van der Waals surface area contributed by atoms with E-state index in [2.05, 4.69) is 13.5 Å². The summed E-state index contributed by atoms with van der Waals surface area (Å²) in [5.41, 5.74) is 0.763. The van der Waals surface area contributed by atoms with Crippen LogP contribution in [0.25, 0.3) is 10.8 Å². The van der Waals surface area contributed by atoms with E-state index in [1.165, 1.54) is 31.7 Å². The Hall–Kier alpha value is -1.90. The first-order valence-corrected chi connectivity index (χ1v) is 10.2. The lowest BCUT2D eigenvalue weighted by Crippen LogP contribution is -2.29. The van der Waals surface area contributed by atoms with Crippen LogP contribution in [-0.2, 0) is 0 Å². The van der Waals surface area contributed by atoms with E-state index in [0.717, 1.165) is 36.2 Å². The summed E-state index contributed by atoms with van der Waals surface area (Å²) in [5.74, 6) is 1.99. The van der Waals surface area contributed by atoms with E-state index < -0.39 is 5.82 Å². The van der Waals surface area contributed by atoms with Crippen molar-refractivity contribution in [3.8, 4) is 5.75 Å². The number of fused-ring (bicyclic) bond motifs is 2. The van der Waals surface area contributed by atoms with Gasteiger partial charge in [-0.2, -0.15) is 0 Å². The highest BCUT2D eigenvalue weighted by molar-refractivity contribution is 5.85. The Morgan fingerprint density at radius 1 is 1.07 bits per heavy atom. The van der Waals surface area contributed by atoms with Gasteiger partial charge in [0.15, 0.2) is 11.6 Å². The highest BCUT2D eigenvalue weighted by atomic mass is 19.1. The third-order valence-electron chi connectivity index (χ3n) is 6.71. The maximum absolute atomic E-state index is 15.3. The number of ether oxygens (including phenoxy) is 1. The van der Waals surface area contributed by atoms with Gasteiger partial charge in [0, 0.05) is 5.39 Å². The van der Waals surface area contributed by atoms with Crippen molar-refractivity contribution in [2.75, 3.05) is 6.61 Å². The fraction of sp³-hybridized carbons (Fsp3) is 0.500. The quantitative estimate of drug-likeness (QED) is 0.526. The van der Waals surface area contributed by atoms with Gasteiger partial charge >= 0.3 is 0 Å². The van der Waals surface area contributed by atoms with Gasteiger partial charge in [0.05, 0.1) is 0 Å². The second-order valence-corrected chi connectivity index (χ2v) is 8.52. The molecule has 0 radical (unpaired) electrons. The lowest BCUT2D eigenvalue weighted by atomic mass is 9.64. The number of hydrogen-bond donors (Lipinski definition) is 0. The molecule has 0 aliphatic heterocycles. The molecule has 0 aromatic heterocycles. The second kappa shape index (κ2) is 7.61. The monoisotopic (exact) mass is 370 g/mol. The summed E-state index contributed by atoms with van der Waals surface area (Å²) in [4.78, 5) is 0. The molecule has 2 unspecified atom stereocenters. The molecule has 0 saturated heterocycles. The molecule has 144 valence electrons. The molecule has 27 heavy (non-hydrogen) atoms. The predicted octanol–water partition coefficient (Wildman–Crippen LogP) is 7.00.